The smallest absolute Gasteiger partial charge is 0.387 e. The van der Waals surface area contributed by atoms with Crippen molar-refractivity contribution in [2.24, 2.45) is 0 Å². The molecule has 30 heavy (non-hydrogen) atoms. The maximum atomic E-state index is 12.9. The molecule has 1 unspecified atom stereocenters. The van der Waals surface area contributed by atoms with Gasteiger partial charge >= 0.3 is 6.61 Å². The molecule has 0 aliphatic heterocycles. The van der Waals surface area contributed by atoms with Gasteiger partial charge in [-0.15, -0.1) is 0 Å². The van der Waals surface area contributed by atoms with Crippen LogP contribution in [0.5, 0.6) is 5.75 Å². The molecule has 2 rings (SSSR count). The van der Waals surface area contributed by atoms with E-state index in [4.69, 9.17) is 0 Å². The third kappa shape index (κ3) is 7.40. The molecule has 2 aromatic carbocycles. The summed E-state index contributed by atoms with van der Waals surface area (Å²) < 4.78 is 41.6. The number of halogens is 3. The average Bonchev–Trinajstić information content (AvgIpc) is 2.72. The van der Waals surface area contributed by atoms with Crippen LogP contribution in [0.15, 0.2) is 48.5 Å². The number of anilines is 1. The molecule has 0 fully saturated rings. The third-order valence-electron chi connectivity index (χ3n) is 4.43. The number of ether oxygens (including phenoxy) is 1. The first kappa shape index (κ1) is 23.2. The van der Waals surface area contributed by atoms with Crippen molar-refractivity contribution in [3.05, 3.63) is 59.9 Å². The summed E-state index contributed by atoms with van der Waals surface area (Å²) in [5.41, 5.74) is 1.18. The van der Waals surface area contributed by atoms with Crippen LogP contribution < -0.4 is 15.4 Å². The van der Waals surface area contributed by atoms with Crippen molar-refractivity contribution in [1.82, 2.24) is 10.2 Å². The van der Waals surface area contributed by atoms with Gasteiger partial charge in [0.15, 0.2) is 0 Å². The van der Waals surface area contributed by atoms with Crippen LogP contribution in [0.2, 0.25) is 0 Å². The van der Waals surface area contributed by atoms with Crippen molar-refractivity contribution in [3.8, 4) is 5.75 Å². The first-order chi connectivity index (χ1) is 14.3. The van der Waals surface area contributed by atoms with Gasteiger partial charge in [0, 0.05) is 12.2 Å². The van der Waals surface area contributed by atoms with E-state index >= 15 is 0 Å². The lowest BCUT2D eigenvalue weighted by atomic mass is 10.2. The van der Waals surface area contributed by atoms with Crippen molar-refractivity contribution in [3.63, 3.8) is 0 Å². The van der Waals surface area contributed by atoms with E-state index in [1.807, 2.05) is 6.92 Å². The molecule has 1 atom stereocenters. The topological polar surface area (TPSA) is 70.7 Å². The number of nitrogens with one attached hydrogen (secondary N) is 2. The van der Waals surface area contributed by atoms with Gasteiger partial charge in [-0.25, -0.2) is 4.39 Å². The fraction of sp³-hybridized carbons (Fsp3) is 0.333. The summed E-state index contributed by atoms with van der Waals surface area (Å²) in [4.78, 5) is 26.4. The highest BCUT2D eigenvalue weighted by molar-refractivity contribution is 5.95. The number of hydrogen-bond acceptors (Lipinski definition) is 4. The summed E-state index contributed by atoms with van der Waals surface area (Å²) in [6.07, 6.45) is 0. The largest absolute Gasteiger partial charge is 0.435 e. The van der Waals surface area contributed by atoms with E-state index in [9.17, 15) is 22.8 Å². The van der Waals surface area contributed by atoms with E-state index in [0.717, 1.165) is 5.56 Å². The molecule has 0 saturated carbocycles. The molecule has 0 saturated heterocycles. The Hall–Kier alpha value is -3.07. The van der Waals surface area contributed by atoms with Crippen molar-refractivity contribution in [2.75, 3.05) is 18.4 Å². The minimum Gasteiger partial charge on any atom is -0.435 e. The number of rotatable bonds is 10. The Morgan fingerprint density at radius 1 is 1.07 bits per heavy atom. The quantitative estimate of drug-likeness (QED) is 0.615. The van der Waals surface area contributed by atoms with Gasteiger partial charge in [0.2, 0.25) is 11.8 Å². The van der Waals surface area contributed by atoms with E-state index in [-0.39, 0.29) is 36.5 Å². The second-order valence-corrected chi connectivity index (χ2v) is 6.53. The van der Waals surface area contributed by atoms with Gasteiger partial charge in [-0.2, -0.15) is 8.78 Å². The van der Waals surface area contributed by atoms with E-state index in [1.54, 1.807) is 24.0 Å². The Labute approximate surface area is 173 Å². The molecule has 0 spiro atoms. The molecule has 2 aromatic rings. The summed E-state index contributed by atoms with van der Waals surface area (Å²) in [6, 6.07) is 10.8. The lowest BCUT2D eigenvalue weighted by Crippen LogP contribution is -2.46. The predicted octanol–water partition coefficient (Wildman–Crippen LogP) is 3.39. The number of nitrogens with zero attached hydrogens (tertiary/aromatic N) is 1. The lowest BCUT2D eigenvalue weighted by Gasteiger charge is -2.26. The molecule has 0 aromatic heterocycles. The molecule has 0 aliphatic carbocycles. The van der Waals surface area contributed by atoms with E-state index in [2.05, 4.69) is 15.4 Å². The van der Waals surface area contributed by atoms with Gasteiger partial charge in [0.25, 0.3) is 0 Å². The maximum Gasteiger partial charge on any atom is 0.387 e. The third-order valence-corrected chi connectivity index (χ3v) is 4.43. The average molecular weight is 423 g/mol. The van der Waals surface area contributed by atoms with Crippen LogP contribution in [0.25, 0.3) is 0 Å². The molecule has 0 aliphatic rings. The Bertz CT molecular complexity index is 830. The highest BCUT2D eigenvalue weighted by atomic mass is 19.3. The molecule has 0 radical (unpaired) electrons. The fourth-order valence-corrected chi connectivity index (χ4v) is 2.70. The fourth-order valence-electron chi connectivity index (χ4n) is 2.70. The SMILES string of the molecule is CCN(CC(=O)NCc1ccc(F)cc1)C(C)C(=O)Nc1ccc(OC(F)F)cc1. The minimum absolute atomic E-state index is 0.00739. The van der Waals surface area contributed by atoms with Crippen LogP contribution >= 0.6 is 0 Å². The van der Waals surface area contributed by atoms with E-state index in [1.165, 1.54) is 36.4 Å². The Morgan fingerprint density at radius 2 is 1.70 bits per heavy atom. The predicted molar refractivity (Wildman–Crippen MR) is 107 cm³/mol. The zero-order chi connectivity index (χ0) is 22.1. The monoisotopic (exact) mass is 423 g/mol. The molecule has 2 N–H and O–H groups in total. The Balaban J connectivity index is 1.86. The minimum atomic E-state index is -2.92. The zero-order valence-corrected chi connectivity index (χ0v) is 16.7. The summed E-state index contributed by atoms with van der Waals surface area (Å²) in [7, 11) is 0. The number of likely N-dealkylation sites (N-methyl/N-ethyl adjacent to an activating group) is 1. The molecule has 9 heteroatoms. The van der Waals surface area contributed by atoms with E-state index in [0.29, 0.717) is 12.2 Å². The van der Waals surface area contributed by atoms with Crippen molar-refractivity contribution in [2.45, 2.75) is 33.0 Å². The van der Waals surface area contributed by atoms with Crippen LogP contribution in [0.1, 0.15) is 19.4 Å². The summed E-state index contributed by atoms with van der Waals surface area (Å²) in [6.45, 7) is 1.29. The first-order valence-corrected chi connectivity index (χ1v) is 9.39. The molecule has 2 amide bonds. The number of carbonyl (C=O) groups excluding carboxylic acids is 2. The molecule has 0 heterocycles. The van der Waals surface area contributed by atoms with Crippen molar-refractivity contribution >= 4 is 17.5 Å². The molecular formula is C21H24F3N3O3. The Kier molecular flexibility index (Phi) is 8.67. The second kappa shape index (κ2) is 11.2. The maximum absolute atomic E-state index is 12.9. The molecule has 0 bridgehead atoms. The van der Waals surface area contributed by atoms with Crippen LogP contribution in [-0.2, 0) is 16.1 Å². The van der Waals surface area contributed by atoms with Crippen LogP contribution in [0.3, 0.4) is 0 Å². The van der Waals surface area contributed by atoms with Crippen molar-refractivity contribution in [1.29, 1.82) is 0 Å². The summed E-state index contributed by atoms with van der Waals surface area (Å²) in [5, 5.41) is 5.42. The van der Waals surface area contributed by atoms with Crippen LogP contribution in [0.4, 0.5) is 18.9 Å². The first-order valence-electron chi connectivity index (χ1n) is 9.39. The number of alkyl halides is 2. The van der Waals surface area contributed by atoms with Crippen LogP contribution in [0, 0.1) is 5.82 Å². The van der Waals surface area contributed by atoms with Gasteiger partial charge in [-0.3, -0.25) is 14.5 Å². The lowest BCUT2D eigenvalue weighted by molar-refractivity contribution is -0.125. The highest BCUT2D eigenvalue weighted by Crippen LogP contribution is 2.18. The van der Waals surface area contributed by atoms with Gasteiger partial charge in [-0.05, 0) is 55.4 Å². The normalized spacial score (nSPS) is 12.0. The molecule has 162 valence electrons. The van der Waals surface area contributed by atoms with Gasteiger partial charge in [-0.1, -0.05) is 19.1 Å². The summed E-state index contributed by atoms with van der Waals surface area (Å²) >= 11 is 0. The van der Waals surface area contributed by atoms with Gasteiger partial charge in [0.05, 0.1) is 12.6 Å². The van der Waals surface area contributed by atoms with E-state index < -0.39 is 12.7 Å². The Morgan fingerprint density at radius 3 is 2.27 bits per heavy atom. The number of hydrogen-bond donors (Lipinski definition) is 2. The molecule has 6 nitrogen and oxygen atoms in total. The van der Waals surface area contributed by atoms with Crippen LogP contribution in [-0.4, -0.2) is 42.5 Å². The van der Waals surface area contributed by atoms with Gasteiger partial charge < -0.3 is 15.4 Å². The number of benzene rings is 2. The summed E-state index contributed by atoms with van der Waals surface area (Å²) in [5.74, 6) is -0.970. The second-order valence-electron chi connectivity index (χ2n) is 6.53. The van der Waals surface area contributed by atoms with Gasteiger partial charge in [0.1, 0.15) is 11.6 Å². The molecular weight excluding hydrogens is 399 g/mol. The zero-order valence-electron chi connectivity index (χ0n) is 16.7. The standard InChI is InChI=1S/C21H24F3N3O3/c1-3-27(13-19(28)25-12-15-4-6-16(22)7-5-15)14(2)20(29)26-17-8-10-18(11-9-17)30-21(23)24/h4-11,14,21H,3,12-13H2,1-2H3,(H,25,28)(H,26,29). The number of amides is 2. The van der Waals surface area contributed by atoms with Crippen molar-refractivity contribution < 1.29 is 27.5 Å². The number of carbonyl (C=O) groups is 2. The highest BCUT2D eigenvalue weighted by Gasteiger charge is 2.22.